The Morgan fingerprint density at radius 1 is 1.35 bits per heavy atom. The van der Waals surface area contributed by atoms with E-state index < -0.39 is 0 Å². The molecule has 17 heavy (non-hydrogen) atoms. The molecule has 1 aromatic heterocycles. The Balaban J connectivity index is 2.13. The summed E-state index contributed by atoms with van der Waals surface area (Å²) in [4.78, 5) is 0. The lowest BCUT2D eigenvalue weighted by Gasteiger charge is -1.99. The zero-order valence-electron chi connectivity index (χ0n) is 9.81. The van der Waals surface area contributed by atoms with Crippen LogP contribution < -0.4 is 5.32 Å². The molecule has 1 N–H and O–H groups in total. The SMILES string of the molecule is C=CCNCc1nnc(-c2ccccc2C)o1. The van der Waals surface area contributed by atoms with Crippen molar-refractivity contribution in [3.8, 4) is 11.5 Å². The van der Waals surface area contributed by atoms with Gasteiger partial charge in [-0.05, 0) is 18.6 Å². The van der Waals surface area contributed by atoms with Crippen molar-refractivity contribution in [3.63, 3.8) is 0 Å². The normalized spacial score (nSPS) is 10.4. The maximum absolute atomic E-state index is 5.58. The van der Waals surface area contributed by atoms with Gasteiger partial charge in [0, 0.05) is 12.1 Å². The molecule has 0 unspecified atom stereocenters. The number of hydrogen-bond acceptors (Lipinski definition) is 4. The second kappa shape index (κ2) is 5.41. The van der Waals surface area contributed by atoms with Crippen molar-refractivity contribution in [2.45, 2.75) is 13.5 Å². The van der Waals surface area contributed by atoms with Crippen LogP contribution in [0.3, 0.4) is 0 Å². The van der Waals surface area contributed by atoms with E-state index in [-0.39, 0.29) is 0 Å². The quantitative estimate of drug-likeness (QED) is 0.631. The molecule has 4 nitrogen and oxygen atoms in total. The molecule has 4 heteroatoms. The smallest absolute Gasteiger partial charge is 0.248 e. The Morgan fingerprint density at radius 2 is 2.18 bits per heavy atom. The highest BCUT2D eigenvalue weighted by Crippen LogP contribution is 2.21. The van der Waals surface area contributed by atoms with E-state index in [1.165, 1.54) is 0 Å². The highest BCUT2D eigenvalue weighted by molar-refractivity contribution is 5.57. The predicted octanol–water partition coefficient (Wildman–Crippen LogP) is 2.32. The van der Waals surface area contributed by atoms with Crippen LogP contribution in [-0.4, -0.2) is 16.7 Å². The summed E-state index contributed by atoms with van der Waals surface area (Å²) in [7, 11) is 0. The summed E-state index contributed by atoms with van der Waals surface area (Å²) in [6.45, 7) is 6.93. The summed E-state index contributed by atoms with van der Waals surface area (Å²) in [5, 5.41) is 11.2. The fourth-order valence-electron chi connectivity index (χ4n) is 1.53. The molecule has 0 aliphatic heterocycles. The Labute approximate surface area is 100 Å². The second-order valence-corrected chi connectivity index (χ2v) is 3.74. The molecule has 0 aliphatic rings. The molecule has 0 fully saturated rings. The van der Waals surface area contributed by atoms with Gasteiger partial charge >= 0.3 is 0 Å². The van der Waals surface area contributed by atoms with E-state index in [4.69, 9.17) is 4.42 Å². The zero-order chi connectivity index (χ0) is 12.1. The Bertz CT molecular complexity index is 505. The van der Waals surface area contributed by atoms with Crippen LogP contribution in [0.5, 0.6) is 0 Å². The highest BCUT2D eigenvalue weighted by atomic mass is 16.4. The van der Waals surface area contributed by atoms with E-state index in [9.17, 15) is 0 Å². The van der Waals surface area contributed by atoms with Gasteiger partial charge in [0.15, 0.2) is 0 Å². The summed E-state index contributed by atoms with van der Waals surface area (Å²) < 4.78 is 5.58. The molecule has 0 saturated heterocycles. The third kappa shape index (κ3) is 2.79. The van der Waals surface area contributed by atoms with Crippen LogP contribution in [0.15, 0.2) is 41.3 Å². The van der Waals surface area contributed by atoms with E-state index in [0.29, 0.717) is 18.3 Å². The van der Waals surface area contributed by atoms with Gasteiger partial charge in [-0.3, -0.25) is 0 Å². The Kier molecular flexibility index (Phi) is 3.67. The fraction of sp³-hybridized carbons (Fsp3) is 0.231. The molecule has 0 bridgehead atoms. The van der Waals surface area contributed by atoms with Gasteiger partial charge in [-0.25, -0.2) is 0 Å². The van der Waals surface area contributed by atoms with E-state index in [2.05, 4.69) is 22.1 Å². The standard InChI is InChI=1S/C13H15N3O/c1-3-8-14-9-12-15-16-13(17-12)11-7-5-4-6-10(11)2/h3-7,14H,1,8-9H2,2H3. The lowest BCUT2D eigenvalue weighted by molar-refractivity contribution is 0.485. The molecular weight excluding hydrogens is 214 g/mol. The van der Waals surface area contributed by atoms with Crippen molar-refractivity contribution in [3.05, 3.63) is 48.4 Å². The van der Waals surface area contributed by atoms with Crippen molar-refractivity contribution in [1.29, 1.82) is 0 Å². The van der Waals surface area contributed by atoms with Crippen molar-refractivity contribution >= 4 is 0 Å². The van der Waals surface area contributed by atoms with Crippen LogP contribution in [0.1, 0.15) is 11.5 Å². The van der Waals surface area contributed by atoms with Gasteiger partial charge in [0.05, 0.1) is 6.54 Å². The lowest BCUT2D eigenvalue weighted by Crippen LogP contribution is -2.12. The van der Waals surface area contributed by atoms with Gasteiger partial charge in [-0.1, -0.05) is 24.3 Å². The third-order valence-electron chi connectivity index (χ3n) is 2.41. The molecule has 1 heterocycles. The van der Waals surface area contributed by atoms with Gasteiger partial charge in [0.2, 0.25) is 11.8 Å². The van der Waals surface area contributed by atoms with E-state index in [1.54, 1.807) is 6.08 Å². The Morgan fingerprint density at radius 3 is 2.94 bits per heavy atom. The molecule has 2 rings (SSSR count). The zero-order valence-corrected chi connectivity index (χ0v) is 9.81. The van der Waals surface area contributed by atoms with Crippen LogP contribution in [0, 0.1) is 6.92 Å². The monoisotopic (exact) mass is 229 g/mol. The highest BCUT2D eigenvalue weighted by Gasteiger charge is 2.09. The molecule has 2 aromatic rings. The molecular formula is C13H15N3O. The summed E-state index contributed by atoms with van der Waals surface area (Å²) in [6.07, 6.45) is 1.79. The topological polar surface area (TPSA) is 51.0 Å². The number of nitrogens with zero attached hydrogens (tertiary/aromatic N) is 2. The van der Waals surface area contributed by atoms with Gasteiger partial charge in [-0.2, -0.15) is 0 Å². The van der Waals surface area contributed by atoms with E-state index >= 15 is 0 Å². The third-order valence-corrected chi connectivity index (χ3v) is 2.41. The van der Waals surface area contributed by atoms with Crippen molar-refractivity contribution in [2.75, 3.05) is 6.54 Å². The molecule has 0 saturated carbocycles. The summed E-state index contributed by atoms with van der Waals surface area (Å²) >= 11 is 0. The minimum absolute atomic E-state index is 0.560. The average molecular weight is 229 g/mol. The number of benzene rings is 1. The molecule has 88 valence electrons. The maximum atomic E-state index is 5.58. The van der Waals surface area contributed by atoms with Crippen molar-refractivity contribution in [2.24, 2.45) is 0 Å². The fourth-order valence-corrected chi connectivity index (χ4v) is 1.53. The molecule has 0 amide bonds. The first-order valence-corrected chi connectivity index (χ1v) is 5.51. The van der Waals surface area contributed by atoms with Crippen LogP contribution in [0.25, 0.3) is 11.5 Å². The van der Waals surface area contributed by atoms with Crippen LogP contribution in [-0.2, 0) is 6.54 Å². The lowest BCUT2D eigenvalue weighted by atomic mass is 10.1. The number of hydrogen-bond donors (Lipinski definition) is 1. The second-order valence-electron chi connectivity index (χ2n) is 3.74. The van der Waals surface area contributed by atoms with Crippen LogP contribution >= 0.6 is 0 Å². The minimum Gasteiger partial charge on any atom is -0.419 e. The van der Waals surface area contributed by atoms with E-state index in [1.807, 2.05) is 31.2 Å². The van der Waals surface area contributed by atoms with Gasteiger partial charge in [-0.15, -0.1) is 16.8 Å². The molecule has 1 aromatic carbocycles. The minimum atomic E-state index is 0.560. The van der Waals surface area contributed by atoms with Crippen LogP contribution in [0.2, 0.25) is 0 Å². The summed E-state index contributed by atoms with van der Waals surface area (Å²) in [5.41, 5.74) is 2.11. The van der Waals surface area contributed by atoms with Gasteiger partial charge in [0.1, 0.15) is 0 Å². The number of rotatable bonds is 5. The molecule has 0 atom stereocenters. The first kappa shape index (κ1) is 11.5. The first-order chi connectivity index (χ1) is 8.31. The first-order valence-electron chi connectivity index (χ1n) is 5.51. The summed E-state index contributed by atoms with van der Waals surface area (Å²) in [6, 6.07) is 7.95. The maximum Gasteiger partial charge on any atom is 0.248 e. The van der Waals surface area contributed by atoms with Crippen molar-refractivity contribution in [1.82, 2.24) is 15.5 Å². The van der Waals surface area contributed by atoms with E-state index in [0.717, 1.165) is 17.7 Å². The van der Waals surface area contributed by atoms with Gasteiger partial charge < -0.3 is 9.73 Å². The van der Waals surface area contributed by atoms with Gasteiger partial charge in [0.25, 0.3) is 0 Å². The van der Waals surface area contributed by atoms with Crippen molar-refractivity contribution < 1.29 is 4.42 Å². The average Bonchev–Trinajstić information content (AvgIpc) is 2.79. The molecule has 0 aliphatic carbocycles. The number of aromatic nitrogens is 2. The molecule has 0 spiro atoms. The predicted molar refractivity (Wildman–Crippen MR) is 66.4 cm³/mol. The van der Waals surface area contributed by atoms with Crippen LogP contribution in [0.4, 0.5) is 0 Å². The molecule has 0 radical (unpaired) electrons. The Hall–Kier alpha value is -1.94. The number of nitrogens with one attached hydrogen (secondary N) is 1. The summed E-state index contributed by atoms with van der Waals surface area (Å²) in [5.74, 6) is 1.16. The number of aryl methyl sites for hydroxylation is 1. The largest absolute Gasteiger partial charge is 0.419 e.